The summed E-state index contributed by atoms with van der Waals surface area (Å²) in [7, 11) is 4.86. The van der Waals surface area contributed by atoms with Crippen LogP contribution in [0.3, 0.4) is 0 Å². The zero-order valence-electron chi connectivity index (χ0n) is 17.5. The smallest absolute Gasteiger partial charge is 0.203 e. The molecule has 0 saturated carbocycles. The standard InChI is InChI=1S/C23H26ClN3O3/c1-28-20-12-15(13-21(29-2)23(20)30-3)14-27-22(16-4-6-17(24)7-5-16)18-8-10-25-11-9-19(18)26-27/h4-7,12-13,25H,8-11,14H2,1-3H3. The summed E-state index contributed by atoms with van der Waals surface area (Å²) in [6, 6.07) is 11.9. The molecule has 7 heteroatoms. The van der Waals surface area contributed by atoms with Gasteiger partial charge in [0.2, 0.25) is 5.75 Å². The Balaban J connectivity index is 1.80. The van der Waals surface area contributed by atoms with Crippen LogP contribution in [0, 0.1) is 0 Å². The predicted octanol–water partition coefficient (Wildman–Crippen LogP) is 3.97. The van der Waals surface area contributed by atoms with Crippen molar-refractivity contribution >= 4 is 11.6 Å². The average Bonchev–Trinajstić information content (AvgIpc) is 2.93. The van der Waals surface area contributed by atoms with E-state index < -0.39 is 0 Å². The Labute approximate surface area is 181 Å². The molecule has 1 N–H and O–H groups in total. The number of hydrogen-bond acceptors (Lipinski definition) is 5. The maximum atomic E-state index is 6.14. The van der Waals surface area contributed by atoms with E-state index in [1.807, 2.05) is 24.3 Å². The van der Waals surface area contributed by atoms with Gasteiger partial charge in [0.25, 0.3) is 0 Å². The van der Waals surface area contributed by atoms with Crippen molar-refractivity contribution in [2.24, 2.45) is 0 Å². The fourth-order valence-electron chi connectivity index (χ4n) is 4.00. The maximum Gasteiger partial charge on any atom is 0.203 e. The van der Waals surface area contributed by atoms with E-state index >= 15 is 0 Å². The molecule has 1 aliphatic heterocycles. The molecule has 2 aromatic carbocycles. The summed E-state index contributed by atoms with van der Waals surface area (Å²) in [6.07, 6.45) is 1.86. The topological polar surface area (TPSA) is 57.5 Å². The quantitative estimate of drug-likeness (QED) is 0.645. The molecule has 6 nitrogen and oxygen atoms in total. The highest BCUT2D eigenvalue weighted by atomic mass is 35.5. The Morgan fingerprint density at radius 1 is 0.967 bits per heavy atom. The Morgan fingerprint density at radius 2 is 1.63 bits per heavy atom. The van der Waals surface area contributed by atoms with E-state index in [-0.39, 0.29) is 0 Å². The zero-order valence-corrected chi connectivity index (χ0v) is 18.3. The fraction of sp³-hybridized carbons (Fsp3) is 0.348. The van der Waals surface area contributed by atoms with Crippen molar-refractivity contribution in [3.8, 4) is 28.5 Å². The Morgan fingerprint density at radius 3 is 2.27 bits per heavy atom. The number of nitrogens with one attached hydrogen (secondary N) is 1. The van der Waals surface area contributed by atoms with Crippen molar-refractivity contribution in [1.82, 2.24) is 15.1 Å². The number of rotatable bonds is 6. The summed E-state index contributed by atoms with van der Waals surface area (Å²) >= 11 is 6.14. The van der Waals surface area contributed by atoms with Crippen LogP contribution in [0.15, 0.2) is 36.4 Å². The van der Waals surface area contributed by atoms with Gasteiger partial charge in [0, 0.05) is 29.1 Å². The molecule has 0 saturated heterocycles. The molecule has 0 atom stereocenters. The fourth-order valence-corrected chi connectivity index (χ4v) is 4.13. The van der Waals surface area contributed by atoms with Gasteiger partial charge in [0.15, 0.2) is 11.5 Å². The van der Waals surface area contributed by atoms with Crippen LogP contribution in [0.5, 0.6) is 17.2 Å². The second-order valence-electron chi connectivity index (χ2n) is 7.22. The molecule has 0 spiro atoms. The van der Waals surface area contributed by atoms with Crippen LogP contribution in [-0.4, -0.2) is 44.2 Å². The summed E-state index contributed by atoms with van der Waals surface area (Å²) in [5.74, 6) is 1.86. The zero-order chi connectivity index (χ0) is 21.1. The van der Waals surface area contributed by atoms with Crippen LogP contribution in [0.25, 0.3) is 11.3 Å². The Kier molecular flexibility index (Phi) is 6.16. The molecule has 158 valence electrons. The van der Waals surface area contributed by atoms with Crippen LogP contribution < -0.4 is 19.5 Å². The third-order valence-corrected chi connectivity index (χ3v) is 5.65. The lowest BCUT2D eigenvalue weighted by molar-refractivity contribution is 0.323. The van der Waals surface area contributed by atoms with Gasteiger partial charge in [0.05, 0.1) is 39.3 Å². The molecule has 1 aliphatic rings. The minimum absolute atomic E-state index is 0.587. The normalized spacial score (nSPS) is 13.5. The minimum atomic E-state index is 0.587. The predicted molar refractivity (Wildman–Crippen MR) is 118 cm³/mol. The first-order valence-corrected chi connectivity index (χ1v) is 10.4. The number of hydrogen-bond donors (Lipinski definition) is 1. The molecule has 0 aliphatic carbocycles. The second-order valence-corrected chi connectivity index (χ2v) is 7.66. The molecule has 2 heterocycles. The molecule has 0 unspecified atom stereocenters. The van der Waals surface area contributed by atoms with E-state index in [0.29, 0.717) is 23.8 Å². The highest BCUT2D eigenvalue weighted by molar-refractivity contribution is 6.30. The van der Waals surface area contributed by atoms with Gasteiger partial charge in [-0.1, -0.05) is 23.7 Å². The first-order chi connectivity index (χ1) is 14.6. The van der Waals surface area contributed by atoms with E-state index in [1.165, 1.54) is 5.56 Å². The third kappa shape index (κ3) is 3.98. The number of methoxy groups -OCH3 is 3. The molecule has 0 radical (unpaired) electrons. The maximum absolute atomic E-state index is 6.14. The number of halogens is 1. The lowest BCUT2D eigenvalue weighted by Crippen LogP contribution is -2.17. The summed E-state index contributed by atoms with van der Waals surface area (Å²) in [6.45, 7) is 2.48. The number of benzene rings is 2. The van der Waals surface area contributed by atoms with Crippen LogP contribution in [0.4, 0.5) is 0 Å². The van der Waals surface area contributed by atoms with Gasteiger partial charge in [-0.3, -0.25) is 4.68 Å². The van der Waals surface area contributed by atoms with Crippen LogP contribution in [0.2, 0.25) is 5.02 Å². The van der Waals surface area contributed by atoms with Crippen LogP contribution >= 0.6 is 11.6 Å². The van der Waals surface area contributed by atoms with Crippen LogP contribution in [0.1, 0.15) is 16.8 Å². The van der Waals surface area contributed by atoms with Gasteiger partial charge in [-0.15, -0.1) is 0 Å². The highest BCUT2D eigenvalue weighted by Gasteiger charge is 2.22. The molecule has 3 aromatic rings. The van der Waals surface area contributed by atoms with Gasteiger partial charge in [-0.05, 0) is 42.8 Å². The summed E-state index contributed by atoms with van der Waals surface area (Å²) < 4.78 is 18.6. The number of ether oxygens (including phenoxy) is 3. The number of aromatic nitrogens is 2. The monoisotopic (exact) mass is 427 g/mol. The largest absolute Gasteiger partial charge is 0.493 e. The summed E-state index contributed by atoms with van der Waals surface area (Å²) in [4.78, 5) is 0. The van der Waals surface area contributed by atoms with Crippen LogP contribution in [-0.2, 0) is 19.4 Å². The van der Waals surface area contributed by atoms with Crippen molar-refractivity contribution in [3.63, 3.8) is 0 Å². The highest BCUT2D eigenvalue weighted by Crippen LogP contribution is 2.39. The lowest BCUT2D eigenvalue weighted by Gasteiger charge is -2.15. The molecular formula is C23H26ClN3O3. The third-order valence-electron chi connectivity index (χ3n) is 5.40. The molecule has 0 fully saturated rings. The van der Waals surface area contributed by atoms with Gasteiger partial charge in [0.1, 0.15) is 0 Å². The average molecular weight is 428 g/mol. The van der Waals surface area contributed by atoms with Crippen molar-refractivity contribution in [3.05, 3.63) is 58.2 Å². The molecule has 4 rings (SSSR count). The van der Waals surface area contributed by atoms with Crippen molar-refractivity contribution in [2.45, 2.75) is 19.4 Å². The van der Waals surface area contributed by atoms with Crippen molar-refractivity contribution < 1.29 is 14.2 Å². The lowest BCUT2D eigenvalue weighted by atomic mass is 10.0. The van der Waals surface area contributed by atoms with Gasteiger partial charge in [-0.25, -0.2) is 0 Å². The van der Waals surface area contributed by atoms with Crippen molar-refractivity contribution in [2.75, 3.05) is 34.4 Å². The van der Waals surface area contributed by atoms with Gasteiger partial charge >= 0.3 is 0 Å². The Bertz CT molecular complexity index is 1010. The number of fused-ring (bicyclic) bond motifs is 1. The van der Waals surface area contributed by atoms with Gasteiger partial charge < -0.3 is 19.5 Å². The summed E-state index contributed by atoms with van der Waals surface area (Å²) in [5.41, 5.74) is 5.73. The van der Waals surface area contributed by atoms with Gasteiger partial charge in [-0.2, -0.15) is 5.10 Å². The van der Waals surface area contributed by atoms with E-state index in [0.717, 1.165) is 53.5 Å². The van der Waals surface area contributed by atoms with E-state index in [2.05, 4.69) is 22.1 Å². The molecule has 0 bridgehead atoms. The first kappa shape index (κ1) is 20.6. The molecular weight excluding hydrogens is 402 g/mol. The first-order valence-electron chi connectivity index (χ1n) is 9.98. The van der Waals surface area contributed by atoms with E-state index in [4.69, 9.17) is 30.9 Å². The summed E-state index contributed by atoms with van der Waals surface area (Å²) in [5, 5.41) is 9.18. The second kappa shape index (κ2) is 8.98. The SMILES string of the molecule is COc1cc(Cn2nc3c(c2-c2ccc(Cl)cc2)CCNCC3)cc(OC)c1OC. The van der Waals surface area contributed by atoms with Crippen molar-refractivity contribution in [1.29, 1.82) is 0 Å². The van der Waals surface area contributed by atoms with E-state index in [1.54, 1.807) is 21.3 Å². The Hall–Kier alpha value is -2.70. The van der Waals surface area contributed by atoms with E-state index in [9.17, 15) is 0 Å². The number of nitrogens with zero attached hydrogens (tertiary/aromatic N) is 2. The molecule has 30 heavy (non-hydrogen) atoms. The molecule has 1 aromatic heterocycles. The molecule has 0 amide bonds. The minimum Gasteiger partial charge on any atom is -0.493 e.